The van der Waals surface area contributed by atoms with Crippen molar-refractivity contribution in [3.63, 3.8) is 0 Å². The van der Waals surface area contributed by atoms with Crippen molar-refractivity contribution in [3.05, 3.63) is 23.1 Å². The fraction of sp³-hybridized carbons (Fsp3) is 0.556. The van der Waals surface area contributed by atoms with Crippen molar-refractivity contribution < 1.29 is 19.4 Å². The van der Waals surface area contributed by atoms with Gasteiger partial charge in [0.1, 0.15) is 12.6 Å². The Morgan fingerprint density at radius 2 is 2.41 bits per heavy atom. The average molecular weight is 240 g/mol. The van der Waals surface area contributed by atoms with Crippen LogP contribution in [-0.4, -0.2) is 47.3 Å². The van der Waals surface area contributed by atoms with Crippen LogP contribution in [0.5, 0.6) is 0 Å². The zero-order valence-electron chi connectivity index (χ0n) is 9.02. The van der Waals surface area contributed by atoms with Gasteiger partial charge in [-0.1, -0.05) is 17.8 Å². The molecule has 17 heavy (non-hydrogen) atoms. The van der Waals surface area contributed by atoms with E-state index in [2.05, 4.69) is 16.6 Å². The Hall–Kier alpha value is -2.21. The maximum absolute atomic E-state index is 11.5. The molecule has 1 aliphatic heterocycles. The molecule has 1 amide bonds. The quantitative estimate of drug-likeness (QED) is 0.343. The van der Waals surface area contributed by atoms with Gasteiger partial charge in [0.25, 0.3) is 0 Å². The Balaban J connectivity index is 2.78. The lowest BCUT2D eigenvalue weighted by Gasteiger charge is -2.21. The number of carbonyl (C=O) groups excluding carboxylic acids is 1. The third kappa shape index (κ3) is 2.88. The highest BCUT2D eigenvalue weighted by atomic mass is 16.6. The Kier molecular flexibility index (Phi) is 4.36. The minimum atomic E-state index is -1.21. The van der Waals surface area contributed by atoms with Gasteiger partial charge in [-0.15, -0.1) is 0 Å². The van der Waals surface area contributed by atoms with Crippen molar-refractivity contribution in [2.75, 3.05) is 13.2 Å². The van der Waals surface area contributed by atoms with Crippen LogP contribution in [0.25, 0.3) is 10.4 Å². The van der Waals surface area contributed by atoms with Gasteiger partial charge in [-0.25, -0.2) is 9.59 Å². The molecule has 2 atom stereocenters. The number of hydrogen-bond acceptors (Lipinski definition) is 4. The maximum Gasteiger partial charge on any atom is 0.410 e. The van der Waals surface area contributed by atoms with Gasteiger partial charge < -0.3 is 9.84 Å². The Bertz CT molecular complexity index is 377. The molecule has 1 rings (SSSR count). The molecule has 1 N–H and O–H groups in total. The second-order valence-electron chi connectivity index (χ2n) is 3.40. The lowest BCUT2D eigenvalue weighted by Crippen LogP contribution is -2.44. The van der Waals surface area contributed by atoms with Crippen LogP contribution in [-0.2, 0) is 9.53 Å². The van der Waals surface area contributed by atoms with Crippen LogP contribution >= 0.6 is 0 Å². The van der Waals surface area contributed by atoms with E-state index in [-0.39, 0.29) is 13.2 Å². The van der Waals surface area contributed by atoms with Crippen LogP contribution < -0.4 is 0 Å². The molecule has 92 valence electrons. The number of hydrogen-bond donors (Lipinski definition) is 1. The second-order valence-corrected chi connectivity index (χ2v) is 3.40. The van der Waals surface area contributed by atoms with Crippen molar-refractivity contribution in [2.24, 2.45) is 5.11 Å². The number of azide groups is 1. The summed E-state index contributed by atoms with van der Waals surface area (Å²) in [5.74, 6) is -1.21. The summed E-state index contributed by atoms with van der Waals surface area (Å²) in [5, 5.41) is 12.4. The van der Waals surface area contributed by atoms with Gasteiger partial charge in [-0.3, -0.25) is 4.90 Å². The summed E-state index contributed by atoms with van der Waals surface area (Å²) in [6.07, 6.45) is 0.951. The number of likely N-dealkylation sites (tertiary alicyclic amines) is 1. The number of rotatable bonds is 4. The lowest BCUT2D eigenvalue weighted by molar-refractivity contribution is -0.142. The Labute approximate surface area is 97.1 Å². The van der Waals surface area contributed by atoms with Gasteiger partial charge in [0.2, 0.25) is 0 Å². The molecule has 0 aliphatic carbocycles. The number of nitrogens with zero attached hydrogens (tertiary/aromatic N) is 4. The van der Waals surface area contributed by atoms with Crippen LogP contribution in [0, 0.1) is 0 Å². The number of amides is 1. The van der Waals surface area contributed by atoms with Crippen molar-refractivity contribution in [3.8, 4) is 0 Å². The van der Waals surface area contributed by atoms with E-state index in [0.717, 1.165) is 4.90 Å². The molecule has 8 nitrogen and oxygen atoms in total. The molecule has 0 aromatic heterocycles. The topological polar surface area (TPSA) is 116 Å². The molecule has 0 bridgehead atoms. The summed E-state index contributed by atoms with van der Waals surface area (Å²) in [4.78, 5) is 26.2. The van der Waals surface area contributed by atoms with Crippen LogP contribution in [0.15, 0.2) is 17.8 Å². The number of ether oxygens (including phenoxy) is 1. The first-order chi connectivity index (χ1) is 8.11. The predicted octanol–water partition coefficient (Wildman–Crippen LogP) is 1.15. The van der Waals surface area contributed by atoms with Crippen LogP contribution in [0.1, 0.15) is 6.42 Å². The maximum atomic E-state index is 11.5. The van der Waals surface area contributed by atoms with Crippen LogP contribution in [0.4, 0.5) is 4.79 Å². The van der Waals surface area contributed by atoms with E-state index in [1.807, 2.05) is 0 Å². The van der Waals surface area contributed by atoms with E-state index in [4.69, 9.17) is 15.4 Å². The molecular weight excluding hydrogens is 228 g/mol. The highest BCUT2D eigenvalue weighted by Crippen LogP contribution is 2.22. The van der Waals surface area contributed by atoms with Gasteiger partial charge in [0.15, 0.2) is 0 Å². The molecule has 1 fully saturated rings. The van der Waals surface area contributed by atoms with Gasteiger partial charge in [0.05, 0.1) is 6.04 Å². The summed E-state index contributed by atoms with van der Waals surface area (Å²) >= 11 is 0. The van der Waals surface area contributed by atoms with Gasteiger partial charge in [-0.2, -0.15) is 0 Å². The minimum absolute atomic E-state index is 0.00779. The van der Waals surface area contributed by atoms with E-state index in [1.54, 1.807) is 0 Å². The van der Waals surface area contributed by atoms with E-state index in [0.29, 0.717) is 6.42 Å². The summed E-state index contributed by atoms with van der Waals surface area (Å²) in [6, 6.07) is -1.92. The van der Waals surface area contributed by atoms with Gasteiger partial charge >= 0.3 is 12.1 Å². The SMILES string of the molecule is C=CCOC(=O)N1CCC(N=[N+]=[N-])C1C(=O)O. The molecule has 2 unspecified atom stereocenters. The molecule has 0 radical (unpaired) electrons. The molecule has 1 heterocycles. The third-order valence-corrected chi connectivity index (χ3v) is 2.38. The molecule has 1 saturated heterocycles. The monoisotopic (exact) mass is 240 g/mol. The lowest BCUT2D eigenvalue weighted by atomic mass is 10.1. The smallest absolute Gasteiger partial charge is 0.410 e. The fourth-order valence-electron chi connectivity index (χ4n) is 1.68. The summed E-state index contributed by atoms with van der Waals surface area (Å²) in [7, 11) is 0. The fourth-order valence-corrected chi connectivity index (χ4v) is 1.68. The number of carboxylic acid groups (broad SMARTS) is 1. The standard InChI is InChI=1S/C9H12N4O4/c1-2-5-17-9(16)13-4-3-6(11-12-10)7(13)8(14)15/h2,6-7H,1,3-5H2,(H,14,15). The number of carbonyl (C=O) groups is 2. The molecule has 0 aromatic rings. The number of carboxylic acids is 1. The zero-order chi connectivity index (χ0) is 12.8. The first kappa shape index (κ1) is 12.9. The second kappa shape index (κ2) is 5.76. The van der Waals surface area contributed by atoms with Crippen LogP contribution in [0.2, 0.25) is 0 Å². The van der Waals surface area contributed by atoms with E-state index in [1.165, 1.54) is 6.08 Å². The van der Waals surface area contributed by atoms with Crippen molar-refractivity contribution in [2.45, 2.75) is 18.5 Å². The summed E-state index contributed by atoms with van der Waals surface area (Å²) in [6.45, 7) is 3.58. The molecule has 0 saturated carbocycles. The van der Waals surface area contributed by atoms with Crippen molar-refractivity contribution in [1.29, 1.82) is 0 Å². The molecule has 1 aliphatic rings. The molecule has 0 spiro atoms. The molecular formula is C9H12N4O4. The van der Waals surface area contributed by atoms with E-state index in [9.17, 15) is 9.59 Å². The number of aliphatic carboxylic acids is 1. The van der Waals surface area contributed by atoms with E-state index >= 15 is 0 Å². The third-order valence-electron chi connectivity index (χ3n) is 2.38. The minimum Gasteiger partial charge on any atom is -0.480 e. The Morgan fingerprint density at radius 1 is 1.71 bits per heavy atom. The van der Waals surface area contributed by atoms with Gasteiger partial charge in [-0.05, 0) is 12.0 Å². The normalized spacial score (nSPS) is 22.7. The highest BCUT2D eigenvalue weighted by molar-refractivity contribution is 5.81. The first-order valence-corrected chi connectivity index (χ1v) is 4.93. The van der Waals surface area contributed by atoms with Gasteiger partial charge in [0, 0.05) is 11.5 Å². The molecule has 0 aromatic carbocycles. The van der Waals surface area contributed by atoms with Crippen LogP contribution in [0.3, 0.4) is 0 Å². The average Bonchev–Trinajstić information content (AvgIpc) is 2.70. The highest BCUT2D eigenvalue weighted by Gasteiger charge is 2.42. The largest absolute Gasteiger partial charge is 0.480 e. The Morgan fingerprint density at radius 3 is 2.94 bits per heavy atom. The van der Waals surface area contributed by atoms with E-state index < -0.39 is 24.1 Å². The predicted molar refractivity (Wildman–Crippen MR) is 57.2 cm³/mol. The summed E-state index contributed by atoms with van der Waals surface area (Å²) in [5.41, 5.74) is 8.31. The van der Waals surface area contributed by atoms with Crippen molar-refractivity contribution in [1.82, 2.24) is 4.90 Å². The van der Waals surface area contributed by atoms with Crippen molar-refractivity contribution >= 4 is 12.1 Å². The summed E-state index contributed by atoms with van der Waals surface area (Å²) < 4.78 is 4.75. The first-order valence-electron chi connectivity index (χ1n) is 4.93. The zero-order valence-corrected chi connectivity index (χ0v) is 9.02. The molecule has 8 heteroatoms.